The minimum absolute atomic E-state index is 0.0578. The predicted octanol–water partition coefficient (Wildman–Crippen LogP) is 6.04. The monoisotopic (exact) mass is 684 g/mol. The maximum atomic E-state index is 12.7. The van der Waals surface area contributed by atoms with Gasteiger partial charge in [0.05, 0.1) is 31.5 Å². The van der Waals surface area contributed by atoms with Crippen molar-refractivity contribution in [1.29, 1.82) is 0 Å². The Morgan fingerprint density at radius 3 is 2.16 bits per heavy atom. The number of aromatic carboxylic acids is 1. The van der Waals surface area contributed by atoms with Crippen LogP contribution in [0.3, 0.4) is 0 Å². The fourth-order valence-electron chi connectivity index (χ4n) is 5.62. The number of urea groups is 1. The molecule has 1 aliphatic heterocycles. The summed E-state index contributed by atoms with van der Waals surface area (Å²) in [4.78, 5) is 37.5. The predicted molar refractivity (Wildman–Crippen MR) is 185 cm³/mol. The summed E-state index contributed by atoms with van der Waals surface area (Å²) in [5.41, 5.74) is 4.50. The highest BCUT2D eigenvalue weighted by molar-refractivity contribution is 7.99. The van der Waals surface area contributed by atoms with Crippen molar-refractivity contribution in [3.8, 4) is 0 Å². The van der Waals surface area contributed by atoms with Crippen molar-refractivity contribution in [2.45, 2.75) is 55.9 Å². The summed E-state index contributed by atoms with van der Waals surface area (Å²) in [7, 11) is 1.29. The van der Waals surface area contributed by atoms with Gasteiger partial charge in [0.15, 0.2) is 6.29 Å². The molecule has 1 aliphatic rings. The average Bonchev–Trinajstić information content (AvgIpc) is 3.13. The number of rotatable bonds is 13. The van der Waals surface area contributed by atoms with E-state index in [0.717, 1.165) is 27.8 Å². The third kappa shape index (κ3) is 9.48. The number of nitrogens with one attached hydrogen (secondary N) is 2. The van der Waals surface area contributed by atoms with Gasteiger partial charge in [-0.2, -0.15) is 0 Å². The molecule has 1 fully saturated rings. The number of carbonyl (C=O) groups is 3. The number of ether oxygens (including phenoxy) is 3. The summed E-state index contributed by atoms with van der Waals surface area (Å²) >= 11 is 1.44. The van der Waals surface area contributed by atoms with Crippen LogP contribution in [0, 0.1) is 5.92 Å². The molecule has 4 aromatic rings. The van der Waals surface area contributed by atoms with E-state index < -0.39 is 30.3 Å². The Morgan fingerprint density at radius 2 is 1.49 bits per heavy atom. The summed E-state index contributed by atoms with van der Waals surface area (Å²) in [5.74, 6) is -1.08. The zero-order chi connectivity index (χ0) is 34.8. The second kappa shape index (κ2) is 17.1. The molecule has 1 saturated heterocycles. The number of carboxylic acids is 1. The maximum absolute atomic E-state index is 12.7. The fraction of sp³-hybridized carbons (Fsp3) is 0.289. The average molecular weight is 685 g/mol. The number of aliphatic hydroxyl groups is 1. The van der Waals surface area contributed by atoms with Crippen LogP contribution in [0.5, 0.6) is 0 Å². The van der Waals surface area contributed by atoms with Crippen molar-refractivity contribution >= 4 is 29.7 Å². The minimum atomic E-state index is -0.980. The Morgan fingerprint density at radius 1 is 0.837 bits per heavy atom. The fourth-order valence-corrected chi connectivity index (χ4v) is 6.83. The van der Waals surface area contributed by atoms with Crippen molar-refractivity contribution in [2.24, 2.45) is 5.92 Å². The summed E-state index contributed by atoms with van der Waals surface area (Å²) in [6.45, 7) is 2.22. The Hall–Kier alpha value is -4.68. The van der Waals surface area contributed by atoms with E-state index in [0.29, 0.717) is 17.1 Å². The van der Waals surface area contributed by atoms with Gasteiger partial charge >= 0.3 is 18.0 Å². The molecule has 49 heavy (non-hydrogen) atoms. The number of benzene rings is 4. The first-order valence-electron chi connectivity index (χ1n) is 16.0. The van der Waals surface area contributed by atoms with Gasteiger partial charge in [0.2, 0.25) is 0 Å². The molecule has 0 spiro atoms. The Labute approximate surface area is 289 Å². The van der Waals surface area contributed by atoms with Crippen LogP contribution in [0.2, 0.25) is 0 Å². The number of aliphatic hydroxyl groups excluding tert-OH is 1. The van der Waals surface area contributed by atoms with Crippen LogP contribution in [0.15, 0.2) is 108 Å². The molecular formula is C38H40N2O8S. The second-order valence-electron chi connectivity index (χ2n) is 11.8. The van der Waals surface area contributed by atoms with Crippen LogP contribution in [-0.4, -0.2) is 53.2 Å². The van der Waals surface area contributed by atoms with Crippen molar-refractivity contribution in [2.75, 3.05) is 12.9 Å². The molecule has 5 rings (SSSR count). The first kappa shape index (κ1) is 35.6. The van der Waals surface area contributed by atoms with Gasteiger partial charge in [-0.25, -0.2) is 14.4 Å². The number of hydrogen-bond donors (Lipinski definition) is 4. The Kier molecular flexibility index (Phi) is 12.4. The van der Waals surface area contributed by atoms with Crippen LogP contribution in [0.1, 0.15) is 57.5 Å². The van der Waals surface area contributed by atoms with Gasteiger partial charge < -0.3 is 35.1 Å². The van der Waals surface area contributed by atoms with Crippen LogP contribution in [0.4, 0.5) is 4.79 Å². The zero-order valence-corrected chi connectivity index (χ0v) is 28.1. The molecular weight excluding hydrogens is 644 g/mol. The highest BCUT2D eigenvalue weighted by Gasteiger charge is 2.38. The molecule has 1 heterocycles. The van der Waals surface area contributed by atoms with E-state index in [-0.39, 0.29) is 36.8 Å². The molecule has 0 aromatic heterocycles. The van der Waals surface area contributed by atoms with Crippen LogP contribution in [0.25, 0.3) is 0 Å². The van der Waals surface area contributed by atoms with Crippen LogP contribution < -0.4 is 10.6 Å². The Balaban J connectivity index is 1.26. The number of amides is 2. The lowest BCUT2D eigenvalue weighted by molar-refractivity contribution is -0.268. The summed E-state index contributed by atoms with van der Waals surface area (Å²) < 4.78 is 17.9. The molecule has 5 atom stereocenters. The van der Waals surface area contributed by atoms with Crippen molar-refractivity contribution in [3.05, 3.63) is 137 Å². The van der Waals surface area contributed by atoms with Crippen LogP contribution >= 0.6 is 11.8 Å². The molecule has 0 bridgehead atoms. The van der Waals surface area contributed by atoms with Crippen LogP contribution in [-0.2, 0) is 38.6 Å². The van der Waals surface area contributed by atoms with Gasteiger partial charge in [-0.3, -0.25) is 0 Å². The number of hydrogen-bond acceptors (Lipinski definition) is 8. The number of carboxylic acid groups (broad SMARTS) is 1. The third-order valence-electron chi connectivity index (χ3n) is 8.42. The molecule has 0 aliphatic carbocycles. The lowest BCUT2D eigenvalue weighted by Gasteiger charge is -2.41. The molecule has 0 radical (unpaired) electrons. The van der Waals surface area contributed by atoms with Crippen molar-refractivity contribution < 1.29 is 38.8 Å². The van der Waals surface area contributed by atoms with Gasteiger partial charge in [-0.1, -0.05) is 97.9 Å². The third-order valence-corrected chi connectivity index (χ3v) is 9.58. The van der Waals surface area contributed by atoms with E-state index in [9.17, 15) is 24.6 Å². The number of methoxy groups -OCH3 is 1. The first-order valence-corrected chi connectivity index (χ1v) is 16.9. The second-order valence-corrected chi connectivity index (χ2v) is 12.8. The SMILES string of the molecule is COC(=O)[C@H](Cc1ccccc1)NC(=O)NCc1ccc([C@@H]2O[C@H](CSc3ccccc3C(=O)O)[C@H](C)[C@H](c3ccc(CO)cc3)O2)cc1. The van der Waals surface area contributed by atoms with E-state index in [1.165, 1.54) is 18.9 Å². The molecule has 256 valence electrons. The quantitative estimate of drug-likeness (QED) is 0.0979. The molecule has 10 nitrogen and oxygen atoms in total. The van der Waals surface area contributed by atoms with Gasteiger partial charge in [0.1, 0.15) is 6.04 Å². The van der Waals surface area contributed by atoms with Gasteiger partial charge in [0, 0.05) is 35.1 Å². The summed E-state index contributed by atoms with van der Waals surface area (Å²) in [5, 5.41) is 24.7. The van der Waals surface area contributed by atoms with Crippen molar-refractivity contribution in [1.82, 2.24) is 10.6 Å². The van der Waals surface area contributed by atoms with E-state index in [1.54, 1.807) is 18.2 Å². The molecule has 11 heteroatoms. The molecule has 0 saturated carbocycles. The van der Waals surface area contributed by atoms with Gasteiger partial charge in [-0.15, -0.1) is 11.8 Å². The maximum Gasteiger partial charge on any atom is 0.336 e. The topological polar surface area (TPSA) is 143 Å². The molecule has 4 N–H and O–H groups in total. The van der Waals surface area contributed by atoms with Crippen molar-refractivity contribution in [3.63, 3.8) is 0 Å². The minimum Gasteiger partial charge on any atom is -0.478 e. The van der Waals surface area contributed by atoms with Gasteiger partial charge in [-0.05, 0) is 34.4 Å². The smallest absolute Gasteiger partial charge is 0.336 e. The van der Waals surface area contributed by atoms with Gasteiger partial charge in [0.25, 0.3) is 0 Å². The molecule has 4 aromatic carbocycles. The standard InChI is InChI=1S/C38H40N2O8S/c1-24-32(23-49-33-11-7-6-10-30(33)35(42)43)47-37(48-34(24)28-16-14-27(22-41)15-17-28)29-18-12-26(13-19-29)21-39-38(45)40-31(36(44)46-2)20-25-8-4-3-5-9-25/h3-19,24,31-32,34,37,41H,20-23H2,1-2H3,(H,42,43)(H2,39,40,45)/t24-,31-,32+,34+,37+/m0/s1. The Bertz CT molecular complexity index is 1700. The zero-order valence-electron chi connectivity index (χ0n) is 27.3. The highest BCUT2D eigenvalue weighted by atomic mass is 32.2. The normalized spacial score (nSPS) is 19.4. The lowest BCUT2D eigenvalue weighted by atomic mass is 9.91. The highest BCUT2D eigenvalue weighted by Crippen LogP contribution is 2.43. The largest absolute Gasteiger partial charge is 0.478 e. The summed E-state index contributed by atoms with van der Waals surface area (Å²) in [6.07, 6.45) is -1.01. The first-order chi connectivity index (χ1) is 23.7. The number of carbonyl (C=O) groups excluding carboxylic acids is 2. The van der Waals surface area contributed by atoms with E-state index in [1.807, 2.05) is 84.9 Å². The lowest BCUT2D eigenvalue weighted by Crippen LogP contribution is -2.47. The molecule has 2 amide bonds. The van der Waals surface area contributed by atoms with E-state index in [4.69, 9.17) is 14.2 Å². The van der Waals surface area contributed by atoms with E-state index >= 15 is 0 Å². The number of esters is 1. The summed E-state index contributed by atoms with van der Waals surface area (Å²) in [6, 6.07) is 30.1. The number of thioether (sulfide) groups is 1. The molecule has 0 unspecified atom stereocenters. The van der Waals surface area contributed by atoms with E-state index in [2.05, 4.69) is 17.6 Å².